The lowest BCUT2D eigenvalue weighted by Crippen LogP contribution is -2.41. The average Bonchev–Trinajstić information content (AvgIpc) is 2.62. The van der Waals surface area contributed by atoms with Crippen LogP contribution in [0.2, 0.25) is 0 Å². The molecule has 1 aromatic carbocycles. The summed E-state index contributed by atoms with van der Waals surface area (Å²) in [6.07, 6.45) is 2.30. The van der Waals surface area contributed by atoms with Gasteiger partial charge in [-0.25, -0.2) is 0 Å². The monoisotopic (exact) mass is 217 g/mol. The number of nitrogens with zero attached hydrogens (tertiary/aromatic N) is 2. The Balaban J connectivity index is 2.30. The number of anilines is 1. The molecule has 0 saturated carbocycles. The number of hydrogen-bond acceptors (Lipinski definition) is 3. The van der Waals surface area contributed by atoms with Gasteiger partial charge in [0.15, 0.2) is 5.96 Å². The lowest BCUT2D eigenvalue weighted by Gasteiger charge is -2.27. The number of hydrogen-bond donors (Lipinski definition) is 1. The Morgan fingerprint density at radius 3 is 2.88 bits per heavy atom. The minimum Gasteiger partial charge on any atom is -0.370 e. The standard InChI is InChI=1S/C13H19N3/c1-3-6-11-9-15-13(14)16(11)12-8-5-4-7-10(12)2/h4-5,7-8,11H,3,6,9H2,1-2H3,(H2,14,15). The van der Waals surface area contributed by atoms with Crippen molar-refractivity contribution in [1.29, 1.82) is 0 Å². The van der Waals surface area contributed by atoms with E-state index in [2.05, 4.69) is 48.0 Å². The number of guanidine groups is 1. The van der Waals surface area contributed by atoms with Gasteiger partial charge in [0.05, 0.1) is 12.6 Å². The van der Waals surface area contributed by atoms with E-state index >= 15 is 0 Å². The quantitative estimate of drug-likeness (QED) is 0.844. The molecule has 0 saturated heterocycles. The fourth-order valence-corrected chi connectivity index (χ4v) is 2.25. The van der Waals surface area contributed by atoms with Gasteiger partial charge in [-0.15, -0.1) is 0 Å². The molecule has 1 aliphatic heterocycles. The highest BCUT2D eigenvalue weighted by atomic mass is 15.3. The first-order valence-electron chi connectivity index (χ1n) is 5.88. The lowest BCUT2D eigenvalue weighted by molar-refractivity contribution is 0.631. The Kier molecular flexibility index (Phi) is 3.13. The Morgan fingerprint density at radius 2 is 2.19 bits per heavy atom. The molecule has 0 bridgehead atoms. The van der Waals surface area contributed by atoms with E-state index < -0.39 is 0 Å². The first-order valence-corrected chi connectivity index (χ1v) is 5.88. The zero-order valence-corrected chi connectivity index (χ0v) is 9.98. The molecule has 0 amide bonds. The number of benzene rings is 1. The van der Waals surface area contributed by atoms with Crippen molar-refractivity contribution in [2.75, 3.05) is 11.4 Å². The van der Waals surface area contributed by atoms with Crippen LogP contribution >= 0.6 is 0 Å². The van der Waals surface area contributed by atoms with Crippen molar-refractivity contribution in [1.82, 2.24) is 0 Å². The molecule has 2 rings (SSSR count). The van der Waals surface area contributed by atoms with Crippen molar-refractivity contribution in [3.63, 3.8) is 0 Å². The van der Waals surface area contributed by atoms with Crippen LogP contribution in [0.5, 0.6) is 0 Å². The molecule has 1 aliphatic rings. The maximum absolute atomic E-state index is 5.98. The van der Waals surface area contributed by atoms with Gasteiger partial charge in [0.1, 0.15) is 0 Å². The normalized spacial score (nSPS) is 20.0. The third kappa shape index (κ3) is 1.90. The van der Waals surface area contributed by atoms with Crippen LogP contribution in [0.25, 0.3) is 0 Å². The summed E-state index contributed by atoms with van der Waals surface area (Å²) in [6.45, 7) is 5.14. The molecular weight excluding hydrogens is 198 g/mol. The van der Waals surface area contributed by atoms with Gasteiger partial charge < -0.3 is 10.6 Å². The molecule has 0 radical (unpaired) electrons. The second kappa shape index (κ2) is 4.56. The topological polar surface area (TPSA) is 41.6 Å². The molecule has 0 aromatic heterocycles. The second-order valence-corrected chi connectivity index (χ2v) is 4.30. The summed E-state index contributed by atoms with van der Waals surface area (Å²) >= 11 is 0. The van der Waals surface area contributed by atoms with E-state index in [9.17, 15) is 0 Å². The number of rotatable bonds is 3. The Morgan fingerprint density at radius 1 is 1.44 bits per heavy atom. The first kappa shape index (κ1) is 11.0. The predicted molar refractivity (Wildman–Crippen MR) is 68.8 cm³/mol. The molecule has 1 unspecified atom stereocenters. The van der Waals surface area contributed by atoms with Gasteiger partial charge in [-0.3, -0.25) is 4.99 Å². The number of nitrogens with two attached hydrogens (primary N) is 1. The number of para-hydroxylation sites is 1. The van der Waals surface area contributed by atoms with Gasteiger partial charge in [-0.1, -0.05) is 31.5 Å². The number of aryl methyl sites for hydroxylation is 1. The van der Waals surface area contributed by atoms with Gasteiger partial charge in [0.2, 0.25) is 0 Å². The minimum atomic E-state index is 0.436. The van der Waals surface area contributed by atoms with Crippen molar-refractivity contribution in [2.24, 2.45) is 10.7 Å². The Bertz CT molecular complexity index is 398. The summed E-state index contributed by atoms with van der Waals surface area (Å²) in [4.78, 5) is 6.53. The van der Waals surface area contributed by atoms with Crippen LogP contribution in [0, 0.1) is 6.92 Å². The summed E-state index contributed by atoms with van der Waals surface area (Å²) in [6, 6.07) is 8.77. The van der Waals surface area contributed by atoms with Crippen LogP contribution in [0.3, 0.4) is 0 Å². The van der Waals surface area contributed by atoms with Crippen LogP contribution in [0.15, 0.2) is 29.3 Å². The fraction of sp³-hybridized carbons (Fsp3) is 0.462. The number of aliphatic imine (C=N–C) groups is 1. The summed E-state index contributed by atoms with van der Waals surface area (Å²) in [5, 5.41) is 0. The minimum absolute atomic E-state index is 0.436. The molecular formula is C13H19N3. The van der Waals surface area contributed by atoms with Crippen molar-refractivity contribution in [3.05, 3.63) is 29.8 Å². The van der Waals surface area contributed by atoms with E-state index in [1.54, 1.807) is 0 Å². The van der Waals surface area contributed by atoms with Crippen molar-refractivity contribution in [3.8, 4) is 0 Å². The Labute approximate surface area is 97.0 Å². The van der Waals surface area contributed by atoms with Crippen molar-refractivity contribution < 1.29 is 0 Å². The SMILES string of the molecule is CCCC1CN=C(N)N1c1ccccc1C. The highest BCUT2D eigenvalue weighted by Crippen LogP contribution is 2.26. The largest absolute Gasteiger partial charge is 0.370 e. The molecule has 1 atom stereocenters. The molecule has 86 valence electrons. The van der Waals surface area contributed by atoms with Crippen LogP contribution < -0.4 is 10.6 Å². The highest BCUT2D eigenvalue weighted by molar-refractivity contribution is 5.97. The first-order chi connectivity index (χ1) is 7.74. The third-order valence-corrected chi connectivity index (χ3v) is 3.07. The van der Waals surface area contributed by atoms with Gasteiger partial charge in [-0.05, 0) is 25.0 Å². The van der Waals surface area contributed by atoms with E-state index in [0.717, 1.165) is 19.4 Å². The van der Waals surface area contributed by atoms with E-state index in [1.807, 2.05) is 0 Å². The summed E-state index contributed by atoms with van der Waals surface area (Å²) in [5.74, 6) is 0.660. The summed E-state index contributed by atoms with van der Waals surface area (Å²) < 4.78 is 0. The molecule has 0 aliphatic carbocycles. The molecule has 3 heteroatoms. The smallest absolute Gasteiger partial charge is 0.196 e. The van der Waals surface area contributed by atoms with Gasteiger partial charge >= 0.3 is 0 Å². The maximum atomic E-state index is 5.98. The van der Waals surface area contributed by atoms with Crippen LogP contribution in [-0.2, 0) is 0 Å². The van der Waals surface area contributed by atoms with Crippen molar-refractivity contribution >= 4 is 11.6 Å². The van der Waals surface area contributed by atoms with Crippen LogP contribution in [0.4, 0.5) is 5.69 Å². The highest BCUT2D eigenvalue weighted by Gasteiger charge is 2.27. The van der Waals surface area contributed by atoms with Crippen LogP contribution in [-0.4, -0.2) is 18.5 Å². The van der Waals surface area contributed by atoms with E-state index in [-0.39, 0.29) is 0 Å². The van der Waals surface area contributed by atoms with E-state index in [4.69, 9.17) is 5.73 Å². The molecule has 0 spiro atoms. The fourth-order valence-electron chi connectivity index (χ4n) is 2.25. The van der Waals surface area contributed by atoms with Gasteiger partial charge in [0, 0.05) is 5.69 Å². The van der Waals surface area contributed by atoms with Crippen molar-refractivity contribution in [2.45, 2.75) is 32.7 Å². The predicted octanol–water partition coefficient (Wildman–Crippen LogP) is 2.30. The average molecular weight is 217 g/mol. The zero-order chi connectivity index (χ0) is 11.5. The molecule has 3 nitrogen and oxygen atoms in total. The van der Waals surface area contributed by atoms with Gasteiger partial charge in [-0.2, -0.15) is 0 Å². The second-order valence-electron chi connectivity index (χ2n) is 4.30. The molecule has 16 heavy (non-hydrogen) atoms. The third-order valence-electron chi connectivity index (χ3n) is 3.07. The molecule has 0 fully saturated rings. The maximum Gasteiger partial charge on any atom is 0.196 e. The van der Waals surface area contributed by atoms with Gasteiger partial charge in [0.25, 0.3) is 0 Å². The molecule has 1 heterocycles. The molecule has 1 aromatic rings. The molecule has 2 N–H and O–H groups in total. The summed E-state index contributed by atoms with van der Waals surface area (Å²) in [5.41, 5.74) is 8.42. The summed E-state index contributed by atoms with van der Waals surface area (Å²) in [7, 11) is 0. The Hall–Kier alpha value is -1.51. The van der Waals surface area contributed by atoms with E-state index in [0.29, 0.717) is 12.0 Å². The zero-order valence-electron chi connectivity index (χ0n) is 9.98. The van der Waals surface area contributed by atoms with Crippen LogP contribution in [0.1, 0.15) is 25.3 Å². The lowest BCUT2D eigenvalue weighted by atomic mass is 10.1. The van der Waals surface area contributed by atoms with E-state index in [1.165, 1.54) is 11.3 Å².